The van der Waals surface area contributed by atoms with Gasteiger partial charge in [-0.1, -0.05) is 25.5 Å². The molecule has 2 aromatic heterocycles. The van der Waals surface area contributed by atoms with E-state index in [0.717, 1.165) is 37.9 Å². The fourth-order valence-electron chi connectivity index (χ4n) is 8.42. The summed E-state index contributed by atoms with van der Waals surface area (Å²) in [7, 11) is 0. The normalized spacial score (nSPS) is 38.4. The van der Waals surface area contributed by atoms with Crippen molar-refractivity contribution in [3.05, 3.63) is 47.4 Å². The third-order valence-electron chi connectivity index (χ3n) is 10.6. The number of aromatic nitrogens is 3. The minimum atomic E-state index is -1.19. The van der Waals surface area contributed by atoms with E-state index in [0.29, 0.717) is 30.6 Å². The molecule has 5 aliphatic rings. The monoisotopic (exact) mass is 473 g/mol. The molecule has 6 atom stereocenters. The van der Waals surface area contributed by atoms with E-state index in [1.807, 2.05) is 35.3 Å². The molecular formula is C29H35N3O3. The number of allylic oxidation sites excluding steroid dienone is 1. The predicted molar refractivity (Wildman–Crippen MR) is 131 cm³/mol. The van der Waals surface area contributed by atoms with Crippen LogP contribution in [0.15, 0.2) is 36.2 Å². The van der Waals surface area contributed by atoms with E-state index in [9.17, 15) is 9.90 Å². The maximum atomic E-state index is 12.6. The molecular weight excluding hydrogens is 438 g/mol. The van der Waals surface area contributed by atoms with Gasteiger partial charge in [-0.15, -0.1) is 0 Å². The molecule has 1 N–H and O–H groups in total. The van der Waals surface area contributed by atoms with Crippen molar-refractivity contribution in [3.8, 4) is 5.82 Å². The maximum Gasteiger partial charge on any atom is 0.338 e. The van der Waals surface area contributed by atoms with Crippen molar-refractivity contribution >= 4 is 12.0 Å². The molecule has 2 heterocycles. The molecule has 0 aliphatic heterocycles. The molecule has 0 spiro atoms. The Morgan fingerprint density at radius 3 is 2.74 bits per heavy atom. The molecule has 7 rings (SSSR count). The van der Waals surface area contributed by atoms with Crippen molar-refractivity contribution in [1.82, 2.24) is 14.8 Å². The molecule has 0 amide bonds. The maximum absolute atomic E-state index is 12.6. The number of carbonyl (C=O) groups is 1. The SMILES string of the molecule is CC12Cc3cnn(-c4ccccn4)c3C=C1CCC1C2CCC2(C)C(OC(=O)C3(O)CC3)CCC12. The summed E-state index contributed by atoms with van der Waals surface area (Å²) in [6, 6.07) is 5.97. The van der Waals surface area contributed by atoms with Gasteiger partial charge in [0.25, 0.3) is 0 Å². The number of hydrogen-bond acceptors (Lipinski definition) is 5. The van der Waals surface area contributed by atoms with Crippen molar-refractivity contribution in [3.63, 3.8) is 0 Å². The number of nitrogens with zero attached hydrogens (tertiary/aromatic N) is 3. The first kappa shape index (κ1) is 21.8. The highest BCUT2D eigenvalue weighted by Gasteiger charge is 2.61. The van der Waals surface area contributed by atoms with Crippen LogP contribution in [0.1, 0.15) is 76.5 Å². The van der Waals surface area contributed by atoms with Gasteiger partial charge in [0.2, 0.25) is 0 Å². The van der Waals surface area contributed by atoms with Gasteiger partial charge in [0.15, 0.2) is 11.4 Å². The zero-order valence-corrected chi connectivity index (χ0v) is 20.7. The summed E-state index contributed by atoms with van der Waals surface area (Å²) in [4.78, 5) is 17.1. The highest BCUT2D eigenvalue weighted by Crippen LogP contribution is 2.65. The molecule has 6 heteroatoms. The molecule has 0 saturated heterocycles. The van der Waals surface area contributed by atoms with Crippen LogP contribution in [0, 0.1) is 28.6 Å². The first-order valence-corrected chi connectivity index (χ1v) is 13.4. The first-order valence-electron chi connectivity index (χ1n) is 13.4. The van der Waals surface area contributed by atoms with Crippen LogP contribution in [0.4, 0.5) is 0 Å². The second kappa shape index (κ2) is 7.28. The topological polar surface area (TPSA) is 77.2 Å². The summed E-state index contributed by atoms with van der Waals surface area (Å²) in [6.45, 7) is 4.85. The van der Waals surface area contributed by atoms with Crippen molar-refractivity contribution < 1.29 is 14.6 Å². The van der Waals surface area contributed by atoms with E-state index in [-0.39, 0.29) is 22.9 Å². The molecule has 0 radical (unpaired) electrons. The Kier molecular flexibility index (Phi) is 4.53. The Hall–Kier alpha value is -2.47. The van der Waals surface area contributed by atoms with Crippen LogP contribution in [-0.2, 0) is 16.0 Å². The molecule has 6 unspecified atom stereocenters. The average Bonchev–Trinajstić information content (AvgIpc) is 3.35. The van der Waals surface area contributed by atoms with E-state index in [1.165, 1.54) is 24.1 Å². The zero-order valence-electron chi connectivity index (χ0n) is 20.7. The van der Waals surface area contributed by atoms with Crippen LogP contribution in [0.25, 0.3) is 11.9 Å². The number of pyridine rings is 1. The Bertz CT molecular complexity index is 1220. The van der Waals surface area contributed by atoms with Crippen LogP contribution in [0.3, 0.4) is 0 Å². The largest absolute Gasteiger partial charge is 0.460 e. The fraction of sp³-hybridized carbons (Fsp3) is 0.621. The van der Waals surface area contributed by atoms with Crippen molar-refractivity contribution in [1.29, 1.82) is 0 Å². The summed E-state index contributed by atoms with van der Waals surface area (Å²) >= 11 is 0. The highest BCUT2D eigenvalue weighted by atomic mass is 16.6. The molecule has 0 bridgehead atoms. The molecule has 4 saturated carbocycles. The quantitative estimate of drug-likeness (QED) is 0.643. The number of ether oxygens (including phenoxy) is 1. The molecule has 5 aliphatic carbocycles. The summed E-state index contributed by atoms with van der Waals surface area (Å²) in [5.41, 5.74) is 3.09. The lowest BCUT2D eigenvalue weighted by atomic mass is 9.47. The summed E-state index contributed by atoms with van der Waals surface area (Å²) in [6.07, 6.45) is 15.1. The van der Waals surface area contributed by atoms with Crippen LogP contribution < -0.4 is 0 Å². The number of hydrogen-bond donors (Lipinski definition) is 1. The van der Waals surface area contributed by atoms with Gasteiger partial charge in [-0.3, -0.25) is 0 Å². The Morgan fingerprint density at radius 2 is 1.97 bits per heavy atom. The average molecular weight is 474 g/mol. The van der Waals surface area contributed by atoms with E-state index < -0.39 is 5.60 Å². The third kappa shape index (κ3) is 3.08. The van der Waals surface area contributed by atoms with Gasteiger partial charge in [-0.25, -0.2) is 14.5 Å². The van der Waals surface area contributed by atoms with E-state index in [1.54, 1.807) is 5.57 Å². The standard InChI is InChI=1S/C29H35N3O3/c1-27-11-10-22-20(21(27)8-9-24(27)35-26(33)29(34)12-13-29)7-6-19-15-23-18(16-28(19,22)2)17-31-32(23)25-5-3-4-14-30-25/h3-5,14-15,17,20-22,24,34H,6-13,16H2,1-2H3. The van der Waals surface area contributed by atoms with E-state index in [2.05, 4.69) is 24.9 Å². The van der Waals surface area contributed by atoms with Crippen LogP contribution in [0.5, 0.6) is 0 Å². The molecule has 2 aromatic rings. The van der Waals surface area contributed by atoms with E-state index in [4.69, 9.17) is 9.84 Å². The van der Waals surface area contributed by atoms with Gasteiger partial charge < -0.3 is 9.84 Å². The number of carbonyl (C=O) groups excluding carboxylic acids is 1. The number of rotatable bonds is 3. The lowest BCUT2D eigenvalue weighted by Crippen LogP contribution is -2.52. The van der Waals surface area contributed by atoms with Crippen LogP contribution in [0.2, 0.25) is 0 Å². The Balaban J connectivity index is 1.16. The third-order valence-corrected chi connectivity index (χ3v) is 10.6. The second-order valence-corrected chi connectivity index (χ2v) is 12.4. The van der Waals surface area contributed by atoms with Crippen LogP contribution >= 0.6 is 0 Å². The van der Waals surface area contributed by atoms with Gasteiger partial charge in [0.1, 0.15) is 6.10 Å². The van der Waals surface area contributed by atoms with Crippen molar-refractivity contribution in [2.45, 2.75) is 83.3 Å². The molecule has 0 aromatic carbocycles. The molecule has 184 valence electrons. The Morgan fingerprint density at radius 1 is 1.11 bits per heavy atom. The fourth-order valence-corrected chi connectivity index (χ4v) is 8.42. The smallest absolute Gasteiger partial charge is 0.338 e. The van der Waals surface area contributed by atoms with Crippen molar-refractivity contribution in [2.75, 3.05) is 0 Å². The first-order chi connectivity index (χ1) is 16.8. The van der Waals surface area contributed by atoms with Gasteiger partial charge in [0.05, 0.1) is 11.9 Å². The van der Waals surface area contributed by atoms with Gasteiger partial charge >= 0.3 is 5.97 Å². The minimum absolute atomic E-state index is 0.0311. The number of esters is 1. The molecule has 6 nitrogen and oxygen atoms in total. The van der Waals surface area contributed by atoms with Crippen molar-refractivity contribution in [2.24, 2.45) is 28.6 Å². The van der Waals surface area contributed by atoms with Crippen LogP contribution in [-0.4, -0.2) is 37.5 Å². The predicted octanol–water partition coefficient (Wildman–Crippen LogP) is 4.89. The zero-order chi connectivity index (χ0) is 24.0. The second-order valence-electron chi connectivity index (χ2n) is 12.4. The lowest BCUT2D eigenvalue weighted by molar-refractivity contribution is -0.171. The lowest BCUT2D eigenvalue weighted by Gasteiger charge is -2.57. The van der Waals surface area contributed by atoms with Gasteiger partial charge in [0, 0.05) is 11.6 Å². The summed E-state index contributed by atoms with van der Waals surface area (Å²) in [5.74, 6) is 2.39. The van der Waals surface area contributed by atoms with E-state index >= 15 is 0 Å². The van der Waals surface area contributed by atoms with Gasteiger partial charge in [-0.2, -0.15) is 5.10 Å². The Labute approximate surface area is 206 Å². The summed E-state index contributed by atoms with van der Waals surface area (Å²) < 4.78 is 7.99. The molecule has 4 fully saturated rings. The highest BCUT2D eigenvalue weighted by molar-refractivity contribution is 5.82. The number of aliphatic hydroxyl groups is 1. The number of fused-ring (bicyclic) bond motifs is 6. The summed E-state index contributed by atoms with van der Waals surface area (Å²) in [5, 5.41) is 15.0. The van der Waals surface area contributed by atoms with Gasteiger partial charge in [-0.05, 0) is 105 Å². The molecule has 35 heavy (non-hydrogen) atoms. The minimum Gasteiger partial charge on any atom is -0.460 e.